The molecule has 2 N–H and O–H groups in total. The van der Waals surface area contributed by atoms with Crippen molar-refractivity contribution < 1.29 is 4.79 Å². The van der Waals surface area contributed by atoms with Crippen LogP contribution in [0.2, 0.25) is 0 Å². The fraction of sp³-hybridized carbons (Fsp3) is 0.923. The molecule has 0 bridgehead atoms. The normalized spacial score (nSPS) is 9.75. The van der Waals surface area contributed by atoms with E-state index in [1.54, 1.807) is 0 Å². The summed E-state index contributed by atoms with van der Waals surface area (Å²) < 4.78 is 0. The molecular formula is C13H30N2O. The molecule has 3 heteroatoms. The Morgan fingerprint density at radius 2 is 1.50 bits per heavy atom. The summed E-state index contributed by atoms with van der Waals surface area (Å²) in [5, 5.41) is 5.43. The molecule has 0 radical (unpaired) electrons. The van der Waals surface area contributed by atoms with Crippen LogP contribution >= 0.6 is 0 Å². The zero-order chi connectivity index (χ0) is 13.0. The number of hydrogen-bond donors (Lipinski definition) is 2. The van der Waals surface area contributed by atoms with Crippen molar-refractivity contribution in [2.45, 2.75) is 54.4 Å². The molecule has 0 aliphatic carbocycles. The molecule has 0 aromatic carbocycles. The Morgan fingerprint density at radius 3 is 1.81 bits per heavy atom. The van der Waals surface area contributed by atoms with Gasteiger partial charge in [0.1, 0.15) is 0 Å². The Morgan fingerprint density at radius 1 is 1.00 bits per heavy atom. The van der Waals surface area contributed by atoms with E-state index >= 15 is 0 Å². The maximum absolute atomic E-state index is 10.8. The van der Waals surface area contributed by atoms with E-state index in [2.05, 4.69) is 45.3 Å². The molecule has 98 valence electrons. The minimum atomic E-state index is -0.0619. The van der Waals surface area contributed by atoms with E-state index in [-0.39, 0.29) is 6.03 Å². The lowest BCUT2D eigenvalue weighted by Crippen LogP contribution is -2.36. The van der Waals surface area contributed by atoms with Crippen molar-refractivity contribution in [1.29, 1.82) is 0 Å². The Kier molecular flexibility index (Phi) is 13.6. The first kappa shape index (κ1) is 17.7. The fourth-order valence-corrected chi connectivity index (χ4v) is 0.697. The molecule has 0 unspecified atom stereocenters. The van der Waals surface area contributed by atoms with Gasteiger partial charge in [0.15, 0.2) is 0 Å². The quantitative estimate of drug-likeness (QED) is 0.746. The summed E-state index contributed by atoms with van der Waals surface area (Å²) in [4.78, 5) is 10.8. The largest absolute Gasteiger partial charge is 0.338 e. The van der Waals surface area contributed by atoms with E-state index in [1.807, 2.05) is 6.92 Å². The molecule has 0 saturated carbocycles. The molecule has 16 heavy (non-hydrogen) atoms. The highest BCUT2D eigenvalue weighted by Crippen LogP contribution is 1.95. The molecule has 0 fully saturated rings. The lowest BCUT2D eigenvalue weighted by Gasteiger charge is -2.06. The number of hydrogen-bond acceptors (Lipinski definition) is 1. The Labute approximate surface area is 101 Å². The van der Waals surface area contributed by atoms with Crippen molar-refractivity contribution in [3.05, 3.63) is 0 Å². The fourth-order valence-electron chi connectivity index (χ4n) is 0.697. The van der Waals surface area contributed by atoms with Crippen molar-refractivity contribution in [3.8, 4) is 0 Å². The molecule has 0 saturated heterocycles. The van der Waals surface area contributed by atoms with E-state index in [1.165, 1.54) is 6.42 Å². The molecule has 0 aromatic heterocycles. The third kappa shape index (κ3) is 18.9. The highest BCUT2D eigenvalue weighted by molar-refractivity contribution is 5.73. The Hall–Kier alpha value is -0.730. The maximum atomic E-state index is 10.8. The zero-order valence-corrected chi connectivity index (χ0v) is 11.9. The average Bonchev–Trinajstić information content (AvgIpc) is 2.18. The van der Waals surface area contributed by atoms with Crippen LogP contribution in [-0.2, 0) is 0 Å². The van der Waals surface area contributed by atoms with Crippen molar-refractivity contribution in [1.82, 2.24) is 10.6 Å². The van der Waals surface area contributed by atoms with Gasteiger partial charge in [-0.3, -0.25) is 0 Å². The van der Waals surface area contributed by atoms with Crippen LogP contribution in [-0.4, -0.2) is 19.1 Å². The van der Waals surface area contributed by atoms with Crippen molar-refractivity contribution in [2.24, 2.45) is 11.8 Å². The average molecular weight is 230 g/mol. The first-order chi connectivity index (χ1) is 7.43. The van der Waals surface area contributed by atoms with Gasteiger partial charge >= 0.3 is 6.03 Å². The van der Waals surface area contributed by atoms with Crippen LogP contribution in [0.1, 0.15) is 54.4 Å². The van der Waals surface area contributed by atoms with Crippen LogP contribution in [0.5, 0.6) is 0 Å². The number of nitrogens with one attached hydrogen (secondary N) is 2. The van der Waals surface area contributed by atoms with E-state index in [0.29, 0.717) is 12.5 Å². The zero-order valence-electron chi connectivity index (χ0n) is 11.9. The summed E-state index contributed by atoms with van der Waals surface area (Å²) in [6.07, 6.45) is 2.34. The summed E-state index contributed by atoms with van der Waals surface area (Å²) in [5.74, 6) is 1.53. The highest BCUT2D eigenvalue weighted by Gasteiger charge is 1.97. The predicted octanol–water partition coefficient (Wildman–Crippen LogP) is 3.40. The third-order valence-electron chi connectivity index (χ3n) is 2.16. The number of amides is 2. The Balaban J connectivity index is 0. The number of carbonyl (C=O) groups excluding carboxylic acids is 1. The van der Waals surface area contributed by atoms with Gasteiger partial charge in [0.2, 0.25) is 0 Å². The second-order valence-electron chi connectivity index (χ2n) is 4.77. The summed E-state index contributed by atoms with van der Waals surface area (Å²) in [5.41, 5.74) is 0. The minimum absolute atomic E-state index is 0.0619. The van der Waals surface area contributed by atoms with Crippen LogP contribution in [0.4, 0.5) is 4.79 Å². The van der Waals surface area contributed by atoms with E-state index < -0.39 is 0 Å². The molecule has 0 spiro atoms. The minimum Gasteiger partial charge on any atom is -0.338 e. The van der Waals surface area contributed by atoms with Crippen LogP contribution in [0.15, 0.2) is 0 Å². The topological polar surface area (TPSA) is 41.1 Å². The highest BCUT2D eigenvalue weighted by atomic mass is 16.2. The third-order valence-corrected chi connectivity index (χ3v) is 2.16. The first-order valence-corrected chi connectivity index (χ1v) is 6.45. The van der Waals surface area contributed by atoms with Gasteiger partial charge in [0.05, 0.1) is 0 Å². The van der Waals surface area contributed by atoms with Gasteiger partial charge in [0.25, 0.3) is 0 Å². The molecule has 0 atom stereocenters. The summed E-state index contributed by atoms with van der Waals surface area (Å²) in [6.45, 7) is 14.3. The number of rotatable bonds is 5. The van der Waals surface area contributed by atoms with Crippen molar-refractivity contribution >= 4 is 6.03 Å². The number of carbonyl (C=O) groups is 1. The maximum Gasteiger partial charge on any atom is 0.314 e. The van der Waals surface area contributed by atoms with Gasteiger partial charge in [-0.1, -0.05) is 41.0 Å². The molecule has 3 nitrogen and oxygen atoms in total. The van der Waals surface area contributed by atoms with Crippen LogP contribution in [0, 0.1) is 11.8 Å². The molecule has 0 aliphatic rings. The molecule has 0 heterocycles. The molecule has 0 rings (SSSR count). The van der Waals surface area contributed by atoms with Crippen molar-refractivity contribution in [2.75, 3.05) is 13.1 Å². The monoisotopic (exact) mass is 230 g/mol. The second-order valence-corrected chi connectivity index (χ2v) is 4.77. The predicted molar refractivity (Wildman–Crippen MR) is 71.7 cm³/mol. The van der Waals surface area contributed by atoms with Crippen molar-refractivity contribution in [3.63, 3.8) is 0 Å². The lowest BCUT2D eigenvalue weighted by atomic mass is 10.1. The molecule has 0 aliphatic heterocycles. The molecular weight excluding hydrogens is 200 g/mol. The van der Waals surface area contributed by atoms with Gasteiger partial charge in [-0.2, -0.15) is 0 Å². The van der Waals surface area contributed by atoms with Crippen LogP contribution in [0.25, 0.3) is 0 Å². The van der Waals surface area contributed by atoms with Gasteiger partial charge in [-0.25, -0.2) is 4.79 Å². The van der Waals surface area contributed by atoms with Crippen LogP contribution < -0.4 is 10.6 Å². The van der Waals surface area contributed by atoms with E-state index in [9.17, 15) is 4.79 Å². The van der Waals surface area contributed by atoms with Crippen LogP contribution in [0.3, 0.4) is 0 Å². The summed E-state index contributed by atoms with van der Waals surface area (Å²) in [6, 6.07) is -0.0619. The lowest BCUT2D eigenvalue weighted by molar-refractivity contribution is 0.241. The SMILES string of the molecule is CCC(C)C.CCNC(=O)NCCC(C)C. The summed E-state index contributed by atoms with van der Waals surface area (Å²) >= 11 is 0. The number of urea groups is 1. The first-order valence-electron chi connectivity index (χ1n) is 6.45. The summed E-state index contributed by atoms with van der Waals surface area (Å²) in [7, 11) is 0. The standard InChI is InChI=1S/C8H18N2O.C5H12/c1-4-9-8(11)10-6-5-7(2)3;1-4-5(2)3/h7H,4-6H2,1-3H3,(H2,9,10,11);5H,4H2,1-3H3. The molecule has 2 amide bonds. The van der Waals surface area contributed by atoms with Gasteiger partial charge in [-0.15, -0.1) is 0 Å². The van der Waals surface area contributed by atoms with E-state index in [0.717, 1.165) is 18.9 Å². The second kappa shape index (κ2) is 12.3. The van der Waals surface area contributed by atoms with Gasteiger partial charge in [0, 0.05) is 13.1 Å². The van der Waals surface area contributed by atoms with Gasteiger partial charge in [-0.05, 0) is 25.2 Å². The smallest absolute Gasteiger partial charge is 0.314 e. The molecule has 0 aromatic rings. The van der Waals surface area contributed by atoms with Gasteiger partial charge < -0.3 is 10.6 Å². The Bertz CT molecular complexity index is 156. The van der Waals surface area contributed by atoms with E-state index in [4.69, 9.17) is 0 Å².